The number of aryl methyl sites for hydroxylation is 1. The molecule has 0 saturated heterocycles. The van der Waals surface area contributed by atoms with E-state index >= 15 is 0 Å². The van der Waals surface area contributed by atoms with Gasteiger partial charge in [0.1, 0.15) is 8.07 Å². The standard InChI is InChI=1S/C49H42Si/c1-31-13-12-16-36-27-34(21-25-38(31)36)35-22-26-40-42(28-35)48(32-14-8-7-9-15-32)44-30-46-41(39-17-10-11-18-45(39)50(46,5)6)29-43(44)47(40)33-19-23-37(24-20-33)49(2,3)4/h7-30H,1-6H3. The van der Waals surface area contributed by atoms with Crippen LogP contribution in [0.1, 0.15) is 31.9 Å². The summed E-state index contributed by atoms with van der Waals surface area (Å²) < 4.78 is 0. The van der Waals surface area contributed by atoms with Crippen LogP contribution in [0.4, 0.5) is 0 Å². The van der Waals surface area contributed by atoms with Crippen LogP contribution in [0.5, 0.6) is 0 Å². The van der Waals surface area contributed by atoms with Gasteiger partial charge < -0.3 is 0 Å². The Morgan fingerprint density at radius 1 is 0.420 bits per heavy atom. The SMILES string of the molecule is Cc1cccc2cc(-c3ccc4c(-c5ccc(C(C)(C)C)cc5)c5cc6c(cc5c(-c5ccccc5)c4c3)[Si](C)(C)c3ccccc3-6)ccc12. The Kier molecular flexibility index (Phi) is 6.86. The van der Waals surface area contributed by atoms with Crippen molar-refractivity contribution in [3.05, 3.63) is 157 Å². The summed E-state index contributed by atoms with van der Waals surface area (Å²) >= 11 is 0. The molecule has 0 N–H and O–H groups in total. The largest absolute Gasteiger partial charge is 0.113 e. The van der Waals surface area contributed by atoms with Crippen LogP contribution in [0.25, 0.3) is 76.8 Å². The van der Waals surface area contributed by atoms with E-state index in [-0.39, 0.29) is 5.41 Å². The van der Waals surface area contributed by atoms with Crippen molar-refractivity contribution in [2.75, 3.05) is 0 Å². The summed E-state index contributed by atoms with van der Waals surface area (Å²) in [5.41, 5.74) is 13.3. The molecule has 1 aliphatic heterocycles. The van der Waals surface area contributed by atoms with E-state index in [0.29, 0.717) is 0 Å². The fraction of sp³-hybridized carbons (Fsp3) is 0.143. The van der Waals surface area contributed by atoms with Crippen molar-refractivity contribution in [3.63, 3.8) is 0 Å². The molecule has 242 valence electrons. The first-order chi connectivity index (χ1) is 24.1. The zero-order valence-electron chi connectivity index (χ0n) is 29.9. The third-order valence-corrected chi connectivity index (χ3v) is 14.9. The first kappa shape index (κ1) is 30.8. The second-order valence-corrected chi connectivity index (χ2v) is 20.2. The van der Waals surface area contributed by atoms with E-state index < -0.39 is 8.07 Å². The van der Waals surface area contributed by atoms with E-state index in [1.807, 2.05) is 0 Å². The molecule has 8 aromatic rings. The van der Waals surface area contributed by atoms with Gasteiger partial charge in [0.2, 0.25) is 0 Å². The molecule has 0 radical (unpaired) electrons. The maximum atomic E-state index is 2.59. The topological polar surface area (TPSA) is 0 Å². The van der Waals surface area contributed by atoms with Gasteiger partial charge in [-0.2, -0.15) is 0 Å². The van der Waals surface area contributed by atoms with Crippen LogP contribution >= 0.6 is 0 Å². The normalized spacial score (nSPS) is 13.6. The Balaban J connectivity index is 1.42. The summed E-state index contributed by atoms with van der Waals surface area (Å²) in [5, 5.41) is 10.9. The molecule has 1 heterocycles. The van der Waals surface area contributed by atoms with Gasteiger partial charge in [-0.25, -0.2) is 0 Å². The average molecular weight is 659 g/mol. The minimum absolute atomic E-state index is 0.0911. The van der Waals surface area contributed by atoms with Crippen molar-refractivity contribution in [1.82, 2.24) is 0 Å². The van der Waals surface area contributed by atoms with Crippen LogP contribution in [-0.2, 0) is 5.41 Å². The Hall–Kier alpha value is -5.24. The molecule has 0 nitrogen and oxygen atoms in total. The summed E-state index contributed by atoms with van der Waals surface area (Å²) in [5.74, 6) is 0. The lowest BCUT2D eigenvalue weighted by Gasteiger charge is -2.23. The van der Waals surface area contributed by atoms with Gasteiger partial charge in [-0.15, -0.1) is 0 Å². The lowest BCUT2D eigenvalue weighted by molar-refractivity contribution is 0.590. The van der Waals surface area contributed by atoms with E-state index in [9.17, 15) is 0 Å². The van der Waals surface area contributed by atoms with E-state index in [2.05, 4.69) is 186 Å². The number of fused-ring (bicyclic) bond motifs is 6. The number of benzene rings is 8. The smallest absolute Gasteiger partial charge is 0.0623 e. The van der Waals surface area contributed by atoms with Crippen molar-refractivity contribution in [2.45, 2.75) is 46.2 Å². The van der Waals surface area contributed by atoms with Gasteiger partial charge in [0.05, 0.1) is 0 Å². The zero-order chi connectivity index (χ0) is 34.4. The van der Waals surface area contributed by atoms with Crippen molar-refractivity contribution in [3.8, 4) is 44.5 Å². The van der Waals surface area contributed by atoms with Crippen molar-refractivity contribution in [1.29, 1.82) is 0 Å². The molecular formula is C49H42Si. The second-order valence-electron chi connectivity index (χ2n) is 15.8. The first-order valence-electron chi connectivity index (χ1n) is 17.9. The van der Waals surface area contributed by atoms with E-state index in [0.717, 1.165) is 0 Å². The molecule has 0 spiro atoms. The summed E-state index contributed by atoms with van der Waals surface area (Å²) in [6, 6.07) is 55.5. The molecule has 0 atom stereocenters. The van der Waals surface area contributed by atoms with Gasteiger partial charge in [0, 0.05) is 0 Å². The van der Waals surface area contributed by atoms with Gasteiger partial charge in [0.25, 0.3) is 0 Å². The van der Waals surface area contributed by atoms with Crippen LogP contribution < -0.4 is 10.4 Å². The summed E-state index contributed by atoms with van der Waals surface area (Å²) in [6.45, 7) is 14.1. The van der Waals surface area contributed by atoms with Crippen molar-refractivity contribution >= 4 is 50.8 Å². The fourth-order valence-corrected chi connectivity index (χ4v) is 11.7. The van der Waals surface area contributed by atoms with Gasteiger partial charge in [-0.05, 0) is 129 Å². The van der Waals surface area contributed by atoms with Gasteiger partial charge in [0.15, 0.2) is 0 Å². The predicted octanol–water partition coefficient (Wildman–Crippen LogP) is 12.6. The van der Waals surface area contributed by atoms with Crippen LogP contribution in [0.3, 0.4) is 0 Å². The molecule has 0 aliphatic carbocycles. The quantitative estimate of drug-likeness (QED) is 0.131. The lowest BCUT2D eigenvalue weighted by Crippen LogP contribution is -2.49. The van der Waals surface area contributed by atoms with Crippen molar-refractivity contribution in [2.24, 2.45) is 0 Å². The highest BCUT2D eigenvalue weighted by atomic mass is 28.3. The Morgan fingerprint density at radius 3 is 1.78 bits per heavy atom. The van der Waals surface area contributed by atoms with Crippen LogP contribution in [0.15, 0.2) is 146 Å². The highest BCUT2D eigenvalue weighted by Crippen LogP contribution is 2.47. The van der Waals surface area contributed by atoms with E-state index in [1.54, 1.807) is 5.19 Å². The molecule has 0 saturated carbocycles. The maximum Gasteiger partial charge on any atom is 0.113 e. The molecule has 9 rings (SSSR count). The molecular weight excluding hydrogens is 617 g/mol. The molecule has 0 fully saturated rings. The van der Waals surface area contributed by atoms with Gasteiger partial charge in [-0.3, -0.25) is 0 Å². The van der Waals surface area contributed by atoms with E-state index in [1.165, 1.54) is 93.1 Å². The van der Waals surface area contributed by atoms with Crippen LogP contribution in [-0.4, -0.2) is 8.07 Å². The summed E-state index contributed by atoms with van der Waals surface area (Å²) in [4.78, 5) is 0. The Labute approximate surface area is 297 Å². The Bertz CT molecular complexity index is 2630. The van der Waals surface area contributed by atoms with Gasteiger partial charge in [-0.1, -0.05) is 161 Å². The lowest BCUT2D eigenvalue weighted by atomic mass is 9.82. The molecule has 8 aromatic carbocycles. The molecule has 0 bridgehead atoms. The highest BCUT2D eigenvalue weighted by molar-refractivity contribution is 7.04. The monoisotopic (exact) mass is 658 g/mol. The predicted molar refractivity (Wildman–Crippen MR) is 221 cm³/mol. The molecule has 0 amide bonds. The fourth-order valence-electron chi connectivity index (χ4n) is 8.59. The molecule has 0 aromatic heterocycles. The van der Waals surface area contributed by atoms with E-state index in [4.69, 9.17) is 0 Å². The first-order valence-corrected chi connectivity index (χ1v) is 20.9. The third kappa shape index (κ3) is 4.71. The number of rotatable bonds is 3. The minimum Gasteiger partial charge on any atom is -0.0623 e. The zero-order valence-corrected chi connectivity index (χ0v) is 30.9. The summed E-state index contributed by atoms with van der Waals surface area (Å²) in [7, 11) is -1.91. The molecule has 1 heteroatoms. The maximum absolute atomic E-state index is 2.59. The van der Waals surface area contributed by atoms with Crippen LogP contribution in [0, 0.1) is 6.92 Å². The number of hydrogen-bond donors (Lipinski definition) is 0. The van der Waals surface area contributed by atoms with Crippen molar-refractivity contribution < 1.29 is 0 Å². The van der Waals surface area contributed by atoms with Crippen LogP contribution in [0.2, 0.25) is 13.1 Å². The molecule has 0 unspecified atom stereocenters. The highest BCUT2D eigenvalue weighted by Gasteiger charge is 2.38. The minimum atomic E-state index is -1.91. The second kappa shape index (κ2) is 11.1. The molecule has 1 aliphatic rings. The molecule has 50 heavy (non-hydrogen) atoms. The summed E-state index contributed by atoms with van der Waals surface area (Å²) in [6.07, 6.45) is 0. The van der Waals surface area contributed by atoms with Gasteiger partial charge >= 0.3 is 0 Å². The number of hydrogen-bond acceptors (Lipinski definition) is 0. The Morgan fingerprint density at radius 2 is 1.02 bits per heavy atom. The average Bonchev–Trinajstić information content (AvgIpc) is 3.35. The third-order valence-electron chi connectivity index (χ3n) is 11.4.